The number of hydrogen-bond donors (Lipinski definition) is 0. The zero-order chi connectivity index (χ0) is 13.0. The number of amides is 1. The Morgan fingerprint density at radius 2 is 2.39 bits per heavy atom. The van der Waals surface area contributed by atoms with E-state index in [-0.39, 0.29) is 18.1 Å². The van der Waals surface area contributed by atoms with Crippen molar-refractivity contribution in [1.82, 2.24) is 4.90 Å². The zero-order valence-electron chi connectivity index (χ0n) is 11.1. The van der Waals surface area contributed by atoms with Crippen molar-refractivity contribution in [2.24, 2.45) is 0 Å². The lowest BCUT2D eigenvalue weighted by molar-refractivity contribution is -0.143. The third-order valence-corrected chi connectivity index (χ3v) is 4.26. The van der Waals surface area contributed by atoms with Gasteiger partial charge in [-0.2, -0.15) is 0 Å². The van der Waals surface area contributed by atoms with E-state index in [1.807, 2.05) is 11.8 Å². The maximum atomic E-state index is 12.2. The summed E-state index contributed by atoms with van der Waals surface area (Å²) in [6.45, 7) is 5.48. The first-order valence-corrected chi connectivity index (χ1v) is 7.48. The number of carbonyl (C=O) groups is 1. The molecular weight excluding hydrogens is 246 g/mol. The van der Waals surface area contributed by atoms with E-state index in [0.29, 0.717) is 13.0 Å². The highest BCUT2D eigenvalue weighted by Crippen LogP contribution is 2.16. The minimum absolute atomic E-state index is 0.169. The zero-order valence-corrected chi connectivity index (χ0v) is 11.9. The predicted molar refractivity (Wildman–Crippen MR) is 73.8 cm³/mol. The summed E-state index contributed by atoms with van der Waals surface area (Å²) in [6, 6.07) is 4.41. The lowest BCUT2D eigenvalue weighted by Crippen LogP contribution is -2.50. The van der Waals surface area contributed by atoms with Gasteiger partial charge < -0.3 is 9.64 Å². The first-order valence-electron chi connectivity index (χ1n) is 6.60. The van der Waals surface area contributed by atoms with Gasteiger partial charge in [-0.3, -0.25) is 4.79 Å². The molecule has 2 unspecified atom stereocenters. The summed E-state index contributed by atoms with van der Waals surface area (Å²) in [5.41, 5.74) is 0. The van der Waals surface area contributed by atoms with Gasteiger partial charge in [0.2, 0.25) is 5.91 Å². The molecule has 1 aliphatic rings. The molecule has 2 rings (SSSR count). The molecule has 2 heterocycles. The highest BCUT2D eigenvalue weighted by Gasteiger charge is 2.26. The average molecular weight is 267 g/mol. The molecule has 0 N–H and O–H groups in total. The van der Waals surface area contributed by atoms with Gasteiger partial charge in [0.25, 0.3) is 0 Å². The Morgan fingerprint density at radius 1 is 1.56 bits per heavy atom. The van der Waals surface area contributed by atoms with Gasteiger partial charge in [0.05, 0.1) is 18.8 Å². The molecule has 0 bridgehead atoms. The van der Waals surface area contributed by atoms with E-state index >= 15 is 0 Å². The number of rotatable bonds is 4. The van der Waals surface area contributed by atoms with E-state index < -0.39 is 0 Å². The topological polar surface area (TPSA) is 29.5 Å². The molecule has 0 radical (unpaired) electrons. The van der Waals surface area contributed by atoms with Crippen molar-refractivity contribution >= 4 is 17.2 Å². The quantitative estimate of drug-likeness (QED) is 0.839. The minimum Gasteiger partial charge on any atom is -0.375 e. The smallest absolute Gasteiger partial charge is 0.222 e. The van der Waals surface area contributed by atoms with Crippen molar-refractivity contribution in [3.8, 4) is 0 Å². The van der Waals surface area contributed by atoms with Crippen molar-refractivity contribution < 1.29 is 9.53 Å². The van der Waals surface area contributed by atoms with Crippen LogP contribution in [0.25, 0.3) is 0 Å². The molecule has 1 aromatic rings. The Balaban J connectivity index is 1.76. The number of ether oxygens (including phenoxy) is 1. The standard InChI is InChI=1S/C14H21NO2S/c1-11-10-17-12(2)9-15(11)14(16)7-3-5-13-6-4-8-18-13/h4,6,8,11-12H,3,5,7,9-10H2,1-2H3. The van der Waals surface area contributed by atoms with Gasteiger partial charge in [-0.15, -0.1) is 11.3 Å². The molecule has 1 amide bonds. The summed E-state index contributed by atoms with van der Waals surface area (Å²) in [6.07, 6.45) is 2.77. The molecule has 2 atom stereocenters. The largest absolute Gasteiger partial charge is 0.375 e. The molecule has 3 nitrogen and oxygen atoms in total. The lowest BCUT2D eigenvalue weighted by Gasteiger charge is -2.36. The van der Waals surface area contributed by atoms with Crippen LogP contribution >= 0.6 is 11.3 Å². The molecule has 0 aromatic carbocycles. The van der Waals surface area contributed by atoms with Crippen LogP contribution in [0, 0.1) is 0 Å². The summed E-state index contributed by atoms with van der Waals surface area (Å²) in [5, 5.41) is 2.09. The molecule has 1 aromatic heterocycles. The molecule has 1 aliphatic heterocycles. The van der Waals surface area contributed by atoms with Crippen LogP contribution in [-0.4, -0.2) is 36.1 Å². The third-order valence-electron chi connectivity index (χ3n) is 3.32. The first-order chi connectivity index (χ1) is 8.66. The minimum atomic E-state index is 0.169. The summed E-state index contributed by atoms with van der Waals surface area (Å²) >= 11 is 1.77. The second-order valence-electron chi connectivity index (χ2n) is 4.97. The fourth-order valence-corrected chi connectivity index (χ4v) is 3.01. The second-order valence-corrected chi connectivity index (χ2v) is 6.00. The number of nitrogens with zero attached hydrogens (tertiary/aromatic N) is 1. The van der Waals surface area contributed by atoms with Gasteiger partial charge in [-0.1, -0.05) is 6.07 Å². The maximum Gasteiger partial charge on any atom is 0.222 e. The summed E-state index contributed by atoms with van der Waals surface area (Å²) < 4.78 is 5.54. The number of thiophene rings is 1. The van der Waals surface area contributed by atoms with Gasteiger partial charge in [-0.25, -0.2) is 0 Å². The molecular formula is C14H21NO2S. The Morgan fingerprint density at radius 3 is 3.11 bits per heavy atom. The second kappa shape index (κ2) is 6.34. The van der Waals surface area contributed by atoms with Crippen LogP contribution in [0.4, 0.5) is 0 Å². The molecule has 1 saturated heterocycles. The highest BCUT2D eigenvalue weighted by atomic mass is 32.1. The molecule has 4 heteroatoms. The first kappa shape index (κ1) is 13.6. The van der Waals surface area contributed by atoms with Crippen LogP contribution in [0.3, 0.4) is 0 Å². The summed E-state index contributed by atoms with van der Waals surface area (Å²) in [5.74, 6) is 0.272. The van der Waals surface area contributed by atoms with E-state index in [0.717, 1.165) is 19.4 Å². The van der Waals surface area contributed by atoms with Crippen molar-refractivity contribution in [3.05, 3.63) is 22.4 Å². The van der Waals surface area contributed by atoms with E-state index in [1.165, 1.54) is 4.88 Å². The SMILES string of the molecule is CC1CN(C(=O)CCCc2cccs2)C(C)CO1. The number of morpholine rings is 1. The van der Waals surface area contributed by atoms with Crippen molar-refractivity contribution in [2.45, 2.75) is 45.3 Å². The van der Waals surface area contributed by atoms with Crippen LogP contribution in [-0.2, 0) is 16.0 Å². The predicted octanol–water partition coefficient (Wildman–Crippen LogP) is 2.71. The molecule has 0 spiro atoms. The molecule has 1 fully saturated rings. The van der Waals surface area contributed by atoms with E-state index in [9.17, 15) is 4.79 Å². The van der Waals surface area contributed by atoms with E-state index in [1.54, 1.807) is 11.3 Å². The van der Waals surface area contributed by atoms with Crippen LogP contribution in [0.2, 0.25) is 0 Å². The average Bonchev–Trinajstić information content (AvgIpc) is 2.85. The maximum absolute atomic E-state index is 12.2. The summed E-state index contributed by atoms with van der Waals surface area (Å²) in [7, 11) is 0. The molecule has 100 valence electrons. The Kier molecular flexibility index (Phi) is 4.78. The van der Waals surface area contributed by atoms with Crippen LogP contribution < -0.4 is 0 Å². The van der Waals surface area contributed by atoms with Gasteiger partial charge in [0, 0.05) is 17.8 Å². The van der Waals surface area contributed by atoms with Crippen molar-refractivity contribution in [1.29, 1.82) is 0 Å². The van der Waals surface area contributed by atoms with E-state index in [2.05, 4.69) is 24.4 Å². The lowest BCUT2D eigenvalue weighted by atomic mass is 10.1. The Bertz CT molecular complexity index is 377. The van der Waals surface area contributed by atoms with Crippen molar-refractivity contribution in [3.63, 3.8) is 0 Å². The van der Waals surface area contributed by atoms with Crippen LogP contribution in [0.5, 0.6) is 0 Å². The van der Waals surface area contributed by atoms with Crippen LogP contribution in [0.15, 0.2) is 17.5 Å². The molecule has 0 aliphatic carbocycles. The number of aryl methyl sites for hydroxylation is 1. The Labute approximate surface area is 113 Å². The molecule has 18 heavy (non-hydrogen) atoms. The van der Waals surface area contributed by atoms with Crippen LogP contribution in [0.1, 0.15) is 31.6 Å². The van der Waals surface area contributed by atoms with Gasteiger partial charge in [-0.05, 0) is 38.1 Å². The van der Waals surface area contributed by atoms with Gasteiger partial charge >= 0.3 is 0 Å². The highest BCUT2D eigenvalue weighted by molar-refractivity contribution is 7.09. The molecule has 0 saturated carbocycles. The normalized spacial score (nSPS) is 24.2. The van der Waals surface area contributed by atoms with Gasteiger partial charge in [0.1, 0.15) is 0 Å². The third kappa shape index (κ3) is 3.56. The Hall–Kier alpha value is -0.870. The fraction of sp³-hybridized carbons (Fsp3) is 0.643. The number of hydrogen-bond acceptors (Lipinski definition) is 3. The summed E-state index contributed by atoms with van der Waals surface area (Å²) in [4.78, 5) is 15.5. The monoisotopic (exact) mass is 267 g/mol. The van der Waals surface area contributed by atoms with Gasteiger partial charge in [0.15, 0.2) is 0 Å². The number of carbonyl (C=O) groups excluding carboxylic acids is 1. The van der Waals surface area contributed by atoms with E-state index in [4.69, 9.17) is 4.74 Å². The van der Waals surface area contributed by atoms with Crippen molar-refractivity contribution in [2.75, 3.05) is 13.2 Å². The fourth-order valence-electron chi connectivity index (χ4n) is 2.26.